The maximum absolute atomic E-state index is 15.0. The van der Waals surface area contributed by atoms with E-state index in [4.69, 9.17) is 10.5 Å². The van der Waals surface area contributed by atoms with Crippen LogP contribution < -0.4 is 69.5 Å². The molecule has 16 atom stereocenters. The maximum Gasteiger partial charge on any atom is 0.329 e. The van der Waals surface area contributed by atoms with Gasteiger partial charge in [0, 0.05) is 19.4 Å². The van der Waals surface area contributed by atoms with Gasteiger partial charge in [-0.15, -0.1) is 0 Å². The Bertz CT molecular complexity index is 3160. The topological polar surface area (TPSA) is 442 Å². The Balaban J connectivity index is 1.99. The number of benzene rings is 1. The first-order chi connectivity index (χ1) is 49.9. The molecule has 0 radical (unpaired) electrons. The summed E-state index contributed by atoms with van der Waals surface area (Å²) in [6.07, 6.45) is 4.19. The van der Waals surface area contributed by atoms with E-state index in [9.17, 15) is 62.6 Å². The van der Waals surface area contributed by atoms with Gasteiger partial charge in [-0.2, -0.15) is 0 Å². The molecule has 15 N–H and O–H groups in total. The van der Waals surface area contributed by atoms with Crippen LogP contribution in [0.4, 0.5) is 0 Å². The Labute approximate surface area is 626 Å². The van der Waals surface area contributed by atoms with Crippen molar-refractivity contribution in [2.75, 3.05) is 13.1 Å². The van der Waals surface area contributed by atoms with Gasteiger partial charge in [0.2, 0.25) is 70.9 Å². The highest BCUT2D eigenvalue weighted by Crippen LogP contribution is 2.23. The molecule has 2 saturated heterocycles. The van der Waals surface area contributed by atoms with E-state index in [-0.39, 0.29) is 63.2 Å². The van der Waals surface area contributed by atoms with Gasteiger partial charge in [0.15, 0.2) is 0 Å². The minimum atomic E-state index is -1.83. The second-order valence-electron chi connectivity index (χ2n) is 30.1. The summed E-state index contributed by atoms with van der Waals surface area (Å²) < 4.78 is 5.96. The molecule has 2 fully saturated rings. The average Bonchev–Trinajstić information content (AvgIpc) is 1.54. The van der Waals surface area contributed by atoms with Crippen LogP contribution in [0.25, 0.3) is 0 Å². The van der Waals surface area contributed by atoms with Gasteiger partial charge < -0.3 is 84.3 Å². The van der Waals surface area contributed by atoms with E-state index in [2.05, 4.69) is 70.7 Å². The van der Waals surface area contributed by atoms with Crippen molar-refractivity contribution in [2.45, 2.75) is 293 Å². The van der Waals surface area contributed by atoms with Crippen molar-refractivity contribution < 1.29 is 77.0 Å². The molecule has 1 aromatic rings. The van der Waals surface area contributed by atoms with Crippen LogP contribution in [0.5, 0.6) is 0 Å². The highest BCUT2D eigenvalue weighted by molar-refractivity contribution is 6.03. The van der Waals surface area contributed by atoms with Crippen molar-refractivity contribution in [2.24, 2.45) is 47.2 Å². The van der Waals surface area contributed by atoms with Gasteiger partial charge in [0.1, 0.15) is 84.3 Å². The first-order valence-corrected chi connectivity index (χ1v) is 38.1. The van der Waals surface area contributed by atoms with Crippen molar-refractivity contribution in [3.8, 4) is 0 Å². The molecule has 106 heavy (non-hydrogen) atoms. The third kappa shape index (κ3) is 28.0. The van der Waals surface area contributed by atoms with E-state index in [0.717, 1.165) is 25.7 Å². The van der Waals surface area contributed by atoms with Gasteiger partial charge >= 0.3 is 5.97 Å². The van der Waals surface area contributed by atoms with E-state index in [0.29, 0.717) is 24.8 Å². The predicted octanol–water partition coefficient (Wildman–Crippen LogP) is 2.37. The van der Waals surface area contributed by atoms with Crippen molar-refractivity contribution in [3.63, 3.8) is 0 Å². The monoisotopic (exact) mass is 1490 g/mol. The van der Waals surface area contributed by atoms with Crippen LogP contribution >= 0.6 is 0 Å². The van der Waals surface area contributed by atoms with Crippen LogP contribution in [-0.4, -0.2) is 191 Å². The summed E-state index contributed by atoms with van der Waals surface area (Å²) in [6, 6.07) is -7.65. The summed E-state index contributed by atoms with van der Waals surface area (Å²) in [5, 5.41) is 43.2. The molecule has 2 heterocycles. The number of cyclic esters (lactones) is 1. The molecule has 596 valence electrons. The third-order valence-corrected chi connectivity index (χ3v) is 19.6. The molecule has 30 heteroatoms. The van der Waals surface area contributed by atoms with Crippen LogP contribution in [0, 0.1) is 41.4 Å². The molecule has 0 unspecified atom stereocenters. The lowest BCUT2D eigenvalue weighted by Gasteiger charge is -2.33. The number of rotatable bonds is 35. The van der Waals surface area contributed by atoms with Gasteiger partial charge in [-0.1, -0.05) is 179 Å². The number of esters is 1. The summed E-state index contributed by atoms with van der Waals surface area (Å²) in [5.41, 5.74) is 6.34. The zero-order valence-corrected chi connectivity index (χ0v) is 65.8. The summed E-state index contributed by atoms with van der Waals surface area (Å²) in [5.74, 6) is -15.4. The van der Waals surface area contributed by atoms with Gasteiger partial charge in [0.25, 0.3) is 5.91 Å². The Morgan fingerprint density at radius 3 is 1.70 bits per heavy atom. The van der Waals surface area contributed by atoms with Gasteiger partial charge in [-0.05, 0) is 106 Å². The highest BCUT2D eigenvalue weighted by atomic mass is 16.5. The quantitative estimate of drug-likeness (QED) is 0.0263. The number of allylic oxidation sites excluding steroid dienone is 1. The number of carbonyl (C=O) groups is 14. The first kappa shape index (κ1) is 91.7. The molecule has 3 rings (SSSR count). The van der Waals surface area contributed by atoms with Crippen molar-refractivity contribution in [3.05, 3.63) is 47.7 Å². The number of hydrogen-bond donors (Lipinski definition) is 14. The summed E-state index contributed by atoms with van der Waals surface area (Å²) >= 11 is 0. The zero-order valence-electron chi connectivity index (χ0n) is 65.8. The number of hydrogen-bond acceptors (Lipinski definition) is 17. The van der Waals surface area contributed by atoms with E-state index in [1.807, 2.05) is 0 Å². The Morgan fingerprint density at radius 2 is 1.15 bits per heavy atom. The lowest BCUT2D eigenvalue weighted by atomic mass is 9.95. The van der Waals surface area contributed by atoms with Gasteiger partial charge in [-0.25, -0.2) is 4.79 Å². The standard InChI is InChI=1S/C76H126N14O16/c1-19-23-24-25-29-36-54(92)81-55(40(5)6)69(98)88-62(47(17)91)73(102)83-57(42(9)10)70(99)84-58(43(11)12)75(104)90-38-31-35-53(90)67(96)79-51(34-30-37-77)65(94)86-60(45(15)20-2)72(101)89-63-48(18)106-76(105)59(44(13)14)85-64(93)50(22-4)78-66(95)52(39-49-32-27-26-28-33-49)80-68(97)56(41(7)8)82-71(100)61(46(16)21-3)87-74(63)103/h22,26-28,32-33,40-48,51-53,55-63,91H,19-21,23-25,29-31,34-39,77H2,1-18H3,(H,78,95)(H,79,96)(H,80,97)(H,81,92)(H,82,100)(H,83,102)(H,84,99)(H,85,93)(H,86,94)(H,87,103)(H,88,98)(H,89,101)/b50-22-/t45-,46-,47+,48+,51-,52-,53+,55+,56+,57-,58+,59-,60+,61+,62-,63+/m0/s1. The molecular weight excluding hydrogens is 1360 g/mol. The van der Waals surface area contributed by atoms with Crippen LogP contribution in [0.15, 0.2) is 42.1 Å². The Kier molecular flexibility index (Phi) is 39.1. The minimum Gasteiger partial charge on any atom is -0.458 e. The SMILES string of the molecule is C/C=C1\NC(=O)[C@H](Cc2ccccc2)NC(=O)[C@@H](C(C)C)NC(=O)[C@@H]([C@@H](C)CC)NC(=O)[C@H](NC(=O)[C@H](NC(=O)[C@H](CCCN)NC(=O)[C@H]2CCCN2C(=O)[C@H](NC(=O)[C@@H](NC(=O)[C@@H](NC(=O)[C@H](NC(=O)CCCCCCC)C(C)C)[C@@H](C)O)C(C)C)C(C)C)[C@@H](C)CC)[C@@H](C)OC(=O)[C@H](C(C)C)NC1=O. The molecule has 0 saturated carbocycles. The molecule has 13 amide bonds. The third-order valence-electron chi connectivity index (χ3n) is 19.6. The largest absolute Gasteiger partial charge is 0.458 e. The second-order valence-corrected chi connectivity index (χ2v) is 30.1. The fraction of sp³-hybridized carbons (Fsp3) is 0.711. The number of aliphatic hydroxyl groups excluding tert-OH is 1. The number of nitrogens with zero attached hydrogens (tertiary/aromatic N) is 1. The van der Waals surface area contributed by atoms with E-state index in [1.54, 1.807) is 127 Å². The molecular formula is C76H126N14O16. The van der Waals surface area contributed by atoms with Crippen molar-refractivity contribution >= 4 is 82.8 Å². The first-order valence-electron chi connectivity index (χ1n) is 38.1. The average molecular weight is 1490 g/mol. The number of nitrogens with two attached hydrogens (primary N) is 1. The van der Waals surface area contributed by atoms with E-state index in [1.165, 1.54) is 31.7 Å². The molecule has 30 nitrogen and oxygen atoms in total. The van der Waals surface area contributed by atoms with Gasteiger partial charge in [-0.3, -0.25) is 62.3 Å². The van der Waals surface area contributed by atoms with Gasteiger partial charge in [0.05, 0.1) is 6.10 Å². The van der Waals surface area contributed by atoms with Crippen molar-refractivity contribution in [1.82, 2.24) is 68.7 Å². The maximum atomic E-state index is 15.0. The number of ether oxygens (including phenoxy) is 1. The fourth-order valence-electron chi connectivity index (χ4n) is 12.4. The molecule has 0 aromatic heterocycles. The summed E-state index contributed by atoms with van der Waals surface area (Å²) in [6.45, 7) is 29.8. The molecule has 2 aliphatic rings. The molecule has 2 aliphatic heterocycles. The smallest absolute Gasteiger partial charge is 0.329 e. The number of aliphatic hydroxyl groups is 1. The van der Waals surface area contributed by atoms with Crippen LogP contribution in [0.3, 0.4) is 0 Å². The number of likely N-dealkylation sites (tertiary alicyclic amines) is 1. The number of carbonyl (C=O) groups excluding carboxylic acids is 14. The highest BCUT2D eigenvalue weighted by Gasteiger charge is 2.44. The van der Waals surface area contributed by atoms with E-state index < -0.39 is 203 Å². The molecule has 0 spiro atoms. The molecule has 0 aliphatic carbocycles. The number of unbranched alkanes of at least 4 members (excludes halogenated alkanes) is 4. The number of nitrogens with one attached hydrogen (secondary N) is 12. The van der Waals surface area contributed by atoms with Crippen molar-refractivity contribution in [1.29, 1.82) is 0 Å². The lowest BCUT2D eigenvalue weighted by Crippen LogP contribution is -2.64. The molecule has 1 aromatic carbocycles. The van der Waals surface area contributed by atoms with E-state index >= 15 is 9.59 Å². The second kappa shape index (κ2) is 45.2. The zero-order chi connectivity index (χ0) is 80.0. The van der Waals surface area contributed by atoms with Crippen LogP contribution in [0.2, 0.25) is 0 Å². The Hall–Kier alpha value is -8.54. The minimum absolute atomic E-state index is 0.0352. The predicted molar refractivity (Wildman–Crippen MR) is 400 cm³/mol. The lowest BCUT2D eigenvalue weighted by molar-refractivity contribution is -0.157. The fourth-order valence-corrected chi connectivity index (χ4v) is 12.4. The number of amides is 13. The van der Waals surface area contributed by atoms with Crippen LogP contribution in [-0.2, 0) is 78.3 Å². The Morgan fingerprint density at radius 1 is 0.604 bits per heavy atom. The summed E-state index contributed by atoms with van der Waals surface area (Å²) in [4.78, 5) is 202. The summed E-state index contributed by atoms with van der Waals surface area (Å²) in [7, 11) is 0. The van der Waals surface area contributed by atoms with Crippen LogP contribution in [0.1, 0.15) is 207 Å². The molecule has 0 bridgehead atoms. The normalized spacial score (nSPS) is 22.4.